The van der Waals surface area contributed by atoms with E-state index in [4.69, 9.17) is 21.4 Å². The summed E-state index contributed by atoms with van der Waals surface area (Å²) >= 11 is 6.01. The number of carboxylic acid groups (broad SMARTS) is 1. The lowest BCUT2D eigenvalue weighted by Crippen LogP contribution is -2.31. The number of carbonyl (C=O) groups is 1. The van der Waals surface area contributed by atoms with Gasteiger partial charge in [0.25, 0.3) is 0 Å². The lowest BCUT2D eigenvalue weighted by molar-refractivity contribution is 0.0306. The van der Waals surface area contributed by atoms with E-state index >= 15 is 0 Å². The molecule has 0 bridgehead atoms. The van der Waals surface area contributed by atoms with Gasteiger partial charge in [-0.2, -0.15) is 0 Å². The molecule has 5 heteroatoms. The fourth-order valence-electron chi connectivity index (χ4n) is 2.34. The monoisotopic (exact) mass is 284 g/mol. The molecule has 2 atom stereocenters. The molecule has 0 amide bonds. The third kappa shape index (κ3) is 3.39. The SMILES string of the molecule is O=C(O)c1cccc(Cl)c1OC1CCCCCC1O. The Bertz CT molecular complexity index is 461. The Morgan fingerprint density at radius 1 is 1.26 bits per heavy atom. The standard InChI is InChI=1S/C14H17ClO4/c15-10-6-4-5-9(14(17)18)13(10)19-12-8-3-1-2-7-11(12)16/h4-6,11-12,16H,1-3,7-8H2,(H,17,18). The predicted molar refractivity (Wildman–Crippen MR) is 71.9 cm³/mol. The molecule has 0 spiro atoms. The quantitative estimate of drug-likeness (QED) is 0.837. The van der Waals surface area contributed by atoms with Crippen LogP contribution >= 0.6 is 11.6 Å². The molecule has 104 valence electrons. The maximum absolute atomic E-state index is 11.2. The van der Waals surface area contributed by atoms with E-state index in [-0.39, 0.29) is 22.4 Å². The van der Waals surface area contributed by atoms with E-state index in [0.29, 0.717) is 12.8 Å². The maximum atomic E-state index is 11.2. The van der Waals surface area contributed by atoms with Gasteiger partial charge in [0, 0.05) is 0 Å². The molecule has 1 aliphatic rings. The zero-order valence-corrected chi connectivity index (χ0v) is 11.3. The molecule has 4 nitrogen and oxygen atoms in total. The van der Waals surface area contributed by atoms with Gasteiger partial charge in [-0.25, -0.2) is 4.79 Å². The van der Waals surface area contributed by atoms with Crippen molar-refractivity contribution in [1.82, 2.24) is 0 Å². The molecule has 0 saturated heterocycles. The molecule has 1 aromatic carbocycles. The van der Waals surface area contributed by atoms with Crippen LogP contribution in [-0.2, 0) is 0 Å². The Kier molecular flexibility index (Phi) is 4.66. The molecule has 1 saturated carbocycles. The van der Waals surface area contributed by atoms with Crippen LogP contribution in [0.3, 0.4) is 0 Å². The first-order chi connectivity index (χ1) is 9.09. The smallest absolute Gasteiger partial charge is 0.339 e. The van der Waals surface area contributed by atoms with Crippen LogP contribution in [0, 0.1) is 0 Å². The average molecular weight is 285 g/mol. The highest BCUT2D eigenvalue weighted by molar-refractivity contribution is 6.32. The minimum absolute atomic E-state index is 0.0314. The van der Waals surface area contributed by atoms with Crippen molar-refractivity contribution in [2.75, 3.05) is 0 Å². The summed E-state index contributed by atoms with van der Waals surface area (Å²) < 4.78 is 5.71. The van der Waals surface area contributed by atoms with Crippen LogP contribution < -0.4 is 4.74 Å². The maximum Gasteiger partial charge on any atom is 0.339 e. The zero-order chi connectivity index (χ0) is 13.8. The topological polar surface area (TPSA) is 66.8 Å². The molecule has 2 unspecified atom stereocenters. The van der Waals surface area contributed by atoms with Crippen molar-refractivity contribution in [3.63, 3.8) is 0 Å². The molecule has 19 heavy (non-hydrogen) atoms. The van der Waals surface area contributed by atoms with Crippen LogP contribution in [0.1, 0.15) is 42.5 Å². The molecule has 1 aromatic rings. The predicted octanol–water partition coefficient (Wildman–Crippen LogP) is 3.11. The Labute approximate surface area is 117 Å². The molecular weight excluding hydrogens is 268 g/mol. The normalized spacial score (nSPS) is 23.7. The fourth-order valence-corrected chi connectivity index (χ4v) is 2.56. The Morgan fingerprint density at radius 3 is 2.74 bits per heavy atom. The molecule has 2 rings (SSSR count). The Balaban J connectivity index is 2.24. The van der Waals surface area contributed by atoms with Crippen LogP contribution in [0.5, 0.6) is 5.75 Å². The second-order valence-corrected chi connectivity index (χ2v) is 5.19. The summed E-state index contributed by atoms with van der Waals surface area (Å²) in [4.78, 5) is 11.2. The third-order valence-electron chi connectivity index (χ3n) is 3.38. The number of aliphatic hydroxyl groups excluding tert-OH is 1. The number of rotatable bonds is 3. The number of para-hydroxylation sites is 1. The van der Waals surface area contributed by atoms with E-state index in [2.05, 4.69) is 0 Å². The first-order valence-electron chi connectivity index (χ1n) is 6.46. The van der Waals surface area contributed by atoms with Gasteiger partial charge in [0.2, 0.25) is 0 Å². The molecule has 1 aliphatic carbocycles. The van der Waals surface area contributed by atoms with Crippen LogP contribution in [-0.4, -0.2) is 28.4 Å². The van der Waals surface area contributed by atoms with E-state index in [1.54, 1.807) is 12.1 Å². The molecule has 0 heterocycles. The van der Waals surface area contributed by atoms with Gasteiger partial charge in [0.1, 0.15) is 11.7 Å². The highest BCUT2D eigenvalue weighted by Crippen LogP contribution is 2.32. The minimum atomic E-state index is -1.08. The van der Waals surface area contributed by atoms with Gasteiger partial charge in [-0.05, 0) is 31.4 Å². The first-order valence-corrected chi connectivity index (χ1v) is 6.84. The highest BCUT2D eigenvalue weighted by Gasteiger charge is 2.26. The Morgan fingerprint density at radius 2 is 2.00 bits per heavy atom. The van der Waals surface area contributed by atoms with Gasteiger partial charge in [0.15, 0.2) is 5.75 Å². The van der Waals surface area contributed by atoms with Crippen molar-refractivity contribution in [2.45, 2.75) is 44.3 Å². The summed E-state index contributed by atoms with van der Waals surface area (Å²) in [6.07, 6.45) is 3.43. The van der Waals surface area contributed by atoms with Crippen molar-refractivity contribution in [1.29, 1.82) is 0 Å². The molecule has 1 fully saturated rings. The van der Waals surface area contributed by atoms with E-state index in [9.17, 15) is 9.90 Å². The lowest BCUT2D eigenvalue weighted by Gasteiger charge is -2.23. The van der Waals surface area contributed by atoms with Gasteiger partial charge in [-0.3, -0.25) is 0 Å². The van der Waals surface area contributed by atoms with Crippen molar-refractivity contribution < 1.29 is 19.7 Å². The van der Waals surface area contributed by atoms with E-state index in [1.807, 2.05) is 0 Å². The molecule has 0 aromatic heterocycles. The summed E-state index contributed by atoms with van der Waals surface area (Å²) in [7, 11) is 0. The van der Waals surface area contributed by atoms with Crippen LogP contribution in [0.15, 0.2) is 18.2 Å². The molecule has 2 N–H and O–H groups in total. The second-order valence-electron chi connectivity index (χ2n) is 4.78. The molecule has 0 aliphatic heterocycles. The first kappa shape index (κ1) is 14.2. The minimum Gasteiger partial charge on any atom is -0.485 e. The molecule has 0 radical (unpaired) electrons. The van der Waals surface area contributed by atoms with Crippen molar-refractivity contribution in [3.8, 4) is 5.75 Å². The van der Waals surface area contributed by atoms with Crippen LogP contribution in [0.4, 0.5) is 0 Å². The summed E-state index contributed by atoms with van der Waals surface area (Å²) in [5, 5.41) is 19.4. The van der Waals surface area contributed by atoms with Gasteiger partial charge in [0.05, 0.1) is 11.1 Å². The third-order valence-corrected chi connectivity index (χ3v) is 3.68. The number of ether oxygens (including phenoxy) is 1. The average Bonchev–Trinajstić information content (AvgIpc) is 2.57. The van der Waals surface area contributed by atoms with Gasteiger partial charge >= 0.3 is 5.97 Å². The van der Waals surface area contributed by atoms with Crippen molar-refractivity contribution in [3.05, 3.63) is 28.8 Å². The number of aromatic carboxylic acids is 1. The van der Waals surface area contributed by atoms with Gasteiger partial charge in [-0.1, -0.05) is 30.5 Å². The molecular formula is C14H17ClO4. The fraction of sp³-hybridized carbons (Fsp3) is 0.500. The van der Waals surface area contributed by atoms with Crippen LogP contribution in [0.2, 0.25) is 5.02 Å². The lowest BCUT2D eigenvalue weighted by atomic mass is 10.1. The summed E-state index contributed by atoms with van der Waals surface area (Å²) in [6.45, 7) is 0. The summed E-state index contributed by atoms with van der Waals surface area (Å²) in [5.41, 5.74) is 0.0314. The number of hydrogen-bond acceptors (Lipinski definition) is 3. The summed E-state index contributed by atoms with van der Waals surface area (Å²) in [5.74, 6) is -0.928. The van der Waals surface area contributed by atoms with E-state index in [0.717, 1.165) is 19.3 Å². The highest BCUT2D eigenvalue weighted by atomic mass is 35.5. The Hall–Kier alpha value is -1.26. The van der Waals surface area contributed by atoms with E-state index < -0.39 is 12.1 Å². The van der Waals surface area contributed by atoms with Crippen molar-refractivity contribution in [2.24, 2.45) is 0 Å². The van der Waals surface area contributed by atoms with Gasteiger partial charge < -0.3 is 14.9 Å². The number of aliphatic hydroxyl groups is 1. The number of carboxylic acids is 1. The largest absolute Gasteiger partial charge is 0.485 e. The van der Waals surface area contributed by atoms with Crippen molar-refractivity contribution >= 4 is 17.6 Å². The van der Waals surface area contributed by atoms with Gasteiger partial charge in [-0.15, -0.1) is 0 Å². The van der Waals surface area contributed by atoms with E-state index in [1.165, 1.54) is 6.07 Å². The number of benzene rings is 1. The second kappa shape index (κ2) is 6.26. The van der Waals surface area contributed by atoms with Crippen LogP contribution in [0.25, 0.3) is 0 Å². The zero-order valence-electron chi connectivity index (χ0n) is 10.5. The summed E-state index contributed by atoms with van der Waals surface area (Å²) in [6, 6.07) is 4.61. The number of halogens is 1. The number of hydrogen-bond donors (Lipinski definition) is 2.